The van der Waals surface area contributed by atoms with E-state index in [1.165, 1.54) is 12.3 Å². The Bertz CT molecular complexity index is 3280. The summed E-state index contributed by atoms with van der Waals surface area (Å²) >= 11 is 0. The molecule has 2 amide bonds. The summed E-state index contributed by atoms with van der Waals surface area (Å²) in [6.07, 6.45) is 4.69. The van der Waals surface area contributed by atoms with Gasteiger partial charge >= 0.3 is 24.0 Å². The number of likely N-dealkylation sites (tertiary alicyclic amines) is 1. The number of anilines is 4. The highest BCUT2D eigenvalue weighted by Crippen LogP contribution is 2.57. The molecule has 4 saturated carbocycles. The highest BCUT2D eigenvalue weighted by molar-refractivity contribution is 5.80. The van der Waals surface area contributed by atoms with Gasteiger partial charge in [0.1, 0.15) is 12.2 Å². The average molecular weight is 1010 g/mol. The maximum absolute atomic E-state index is 16.5. The SMILES string of the molecule is Cc1nc(Nc2cc([C@@H]3OC[C@H](OC(=O)NC45CC(C4)C5)[C@H]3F)[nH][n+]2-c2cnc(Nc3cc([C@H]4OC[C@@H](OC(=O)NC5(C)CC5)[C@@H]4F)[nH]n3)n3cc(CN4CC(F)(F)C4)nc23)n2ccnc2c1-c1cccnc1. The zero-order valence-corrected chi connectivity index (χ0v) is 39.3. The number of halogens is 4. The third-order valence-electron chi connectivity index (χ3n) is 14.7. The smallest absolute Gasteiger partial charge is 0.408 e. The summed E-state index contributed by atoms with van der Waals surface area (Å²) in [5, 5.41) is 22.7. The number of fused-ring (bicyclic) bond motifs is 2. The summed E-state index contributed by atoms with van der Waals surface area (Å²) in [5.41, 5.74) is 3.72. The zero-order valence-electron chi connectivity index (χ0n) is 39.3. The number of alkyl carbamates (subject to hydrolysis) is 2. The molecule has 7 aliphatic rings. The number of hydrogen-bond donors (Lipinski definition) is 6. The number of H-pyrrole nitrogens is 2. The lowest BCUT2D eigenvalue weighted by molar-refractivity contribution is -0.641. The molecule has 73 heavy (non-hydrogen) atoms. The molecule has 0 spiro atoms. The Balaban J connectivity index is 0.838. The maximum atomic E-state index is 16.5. The summed E-state index contributed by atoms with van der Waals surface area (Å²) in [6.45, 7) is 2.56. The Morgan fingerprint density at radius 3 is 2.32 bits per heavy atom. The lowest BCUT2D eigenvalue weighted by Crippen LogP contribution is -2.68. The molecule has 26 heteroatoms. The van der Waals surface area contributed by atoms with Crippen molar-refractivity contribution < 1.29 is 50.8 Å². The fourth-order valence-corrected chi connectivity index (χ4v) is 10.6. The lowest BCUT2D eigenvalue weighted by atomic mass is 9.50. The van der Waals surface area contributed by atoms with E-state index in [-0.39, 0.29) is 59.6 Å². The number of nitrogens with one attached hydrogen (secondary N) is 6. The molecule has 3 aliphatic heterocycles. The van der Waals surface area contributed by atoms with Gasteiger partial charge in [-0.1, -0.05) is 6.07 Å². The van der Waals surface area contributed by atoms with E-state index >= 15 is 8.78 Å². The highest BCUT2D eigenvalue weighted by Gasteiger charge is 2.58. The van der Waals surface area contributed by atoms with Crippen molar-refractivity contribution in [2.24, 2.45) is 5.92 Å². The van der Waals surface area contributed by atoms with E-state index in [0.29, 0.717) is 40.4 Å². The topological polar surface area (TPSA) is 244 Å². The minimum absolute atomic E-state index is 0.0765. The van der Waals surface area contributed by atoms with Gasteiger partial charge in [-0.3, -0.25) is 19.4 Å². The molecular weight excluding hydrogens is 961 g/mol. The molecule has 6 atom stereocenters. The molecule has 14 rings (SSSR count). The number of hydrogen-bond acceptors (Lipinski definition) is 15. The van der Waals surface area contributed by atoms with Crippen molar-refractivity contribution in [3.05, 3.63) is 84.2 Å². The van der Waals surface area contributed by atoms with Gasteiger partial charge in [-0.05, 0) is 57.9 Å². The summed E-state index contributed by atoms with van der Waals surface area (Å²) in [6, 6.07) is 6.93. The number of amides is 2. The fourth-order valence-electron chi connectivity index (χ4n) is 10.6. The van der Waals surface area contributed by atoms with Gasteiger partial charge in [0.15, 0.2) is 41.7 Å². The van der Waals surface area contributed by atoms with Crippen LogP contribution in [0.15, 0.2) is 61.4 Å². The largest absolute Gasteiger partial charge is 0.441 e. The Hall–Kier alpha value is -7.45. The van der Waals surface area contributed by atoms with Gasteiger partial charge in [0.2, 0.25) is 11.6 Å². The molecule has 7 aromatic rings. The number of pyridine rings is 1. The van der Waals surface area contributed by atoms with E-state index in [2.05, 4.69) is 46.5 Å². The number of ether oxygens (including phenoxy) is 4. The van der Waals surface area contributed by atoms with Gasteiger partial charge in [0.05, 0.1) is 61.3 Å². The van der Waals surface area contributed by atoms with E-state index in [4.69, 9.17) is 33.9 Å². The van der Waals surface area contributed by atoms with Crippen molar-refractivity contribution in [1.29, 1.82) is 0 Å². The molecule has 0 radical (unpaired) electrons. The summed E-state index contributed by atoms with van der Waals surface area (Å²) in [4.78, 5) is 50.6. The average Bonchev–Trinajstić information content (AvgIpc) is 4.05. The van der Waals surface area contributed by atoms with Gasteiger partial charge < -0.3 is 34.9 Å². The number of carbonyl (C=O) groups is 2. The highest BCUT2D eigenvalue weighted by atomic mass is 19.3. The maximum Gasteiger partial charge on any atom is 0.408 e. The van der Waals surface area contributed by atoms with E-state index < -0.39 is 68.0 Å². The minimum Gasteiger partial charge on any atom is -0.441 e. The van der Waals surface area contributed by atoms with Crippen LogP contribution in [0.3, 0.4) is 0 Å². The molecule has 0 aromatic carbocycles. The van der Waals surface area contributed by atoms with Crippen molar-refractivity contribution in [2.75, 3.05) is 36.9 Å². The van der Waals surface area contributed by atoms with Crippen molar-refractivity contribution >= 4 is 47.0 Å². The molecule has 0 unspecified atom stereocenters. The second-order valence-corrected chi connectivity index (χ2v) is 20.4. The Labute approximate surface area is 411 Å². The Kier molecular flexibility index (Phi) is 10.5. The number of aryl methyl sites for hydroxylation is 1. The van der Waals surface area contributed by atoms with Crippen molar-refractivity contribution in [3.8, 4) is 16.8 Å². The van der Waals surface area contributed by atoms with Gasteiger partial charge in [0.25, 0.3) is 5.92 Å². The van der Waals surface area contributed by atoms with Crippen LogP contribution in [0, 0.1) is 12.8 Å². The van der Waals surface area contributed by atoms with E-state index in [1.54, 1.807) is 55.4 Å². The molecule has 380 valence electrons. The Morgan fingerprint density at radius 1 is 0.890 bits per heavy atom. The molecule has 4 aliphatic carbocycles. The fraction of sp³-hybridized carbons (Fsp3) is 0.468. The summed E-state index contributed by atoms with van der Waals surface area (Å²) in [5.74, 6) is -1.15. The van der Waals surface area contributed by atoms with E-state index in [1.807, 2.05) is 26.0 Å². The van der Waals surface area contributed by atoms with Crippen LogP contribution in [0.4, 0.5) is 50.7 Å². The number of nitrogens with zero attached hydrogens (tertiary/aromatic N) is 10. The summed E-state index contributed by atoms with van der Waals surface area (Å²) in [7, 11) is 0. The lowest BCUT2D eigenvalue weighted by Gasteiger charge is -2.61. The normalized spacial score (nSPS) is 27.5. The third-order valence-corrected chi connectivity index (χ3v) is 14.7. The molecule has 22 nitrogen and oxygen atoms in total. The molecule has 3 saturated heterocycles. The van der Waals surface area contributed by atoms with E-state index in [0.717, 1.165) is 43.2 Å². The number of imidazole rings is 2. The third kappa shape index (κ3) is 8.29. The monoisotopic (exact) mass is 1010 g/mol. The van der Waals surface area contributed by atoms with Gasteiger partial charge in [-0.15, -0.1) is 4.68 Å². The Morgan fingerprint density at radius 2 is 1.63 bits per heavy atom. The number of alkyl halides is 4. The minimum atomic E-state index is -2.83. The first-order valence-corrected chi connectivity index (χ1v) is 24.1. The van der Waals surface area contributed by atoms with Crippen LogP contribution in [0.1, 0.15) is 74.0 Å². The quantitative estimate of drug-likeness (QED) is 0.0580. The second kappa shape index (κ2) is 16.8. The van der Waals surface area contributed by atoms with Crippen molar-refractivity contribution in [2.45, 2.75) is 106 Å². The van der Waals surface area contributed by atoms with Crippen LogP contribution in [0.5, 0.6) is 0 Å². The molecule has 7 fully saturated rings. The van der Waals surface area contributed by atoms with Crippen LogP contribution in [0.25, 0.3) is 28.1 Å². The molecule has 10 heterocycles. The van der Waals surface area contributed by atoms with Crippen molar-refractivity contribution in [1.82, 2.24) is 64.6 Å². The van der Waals surface area contributed by atoms with Crippen LogP contribution < -0.4 is 25.9 Å². The molecule has 2 bridgehead atoms. The first-order chi connectivity index (χ1) is 35.1. The number of carbonyl (C=O) groups excluding carboxylic acids is 2. The van der Waals surface area contributed by atoms with Crippen LogP contribution in [0.2, 0.25) is 0 Å². The second-order valence-electron chi connectivity index (χ2n) is 20.4. The summed E-state index contributed by atoms with van der Waals surface area (Å²) < 4.78 is 88.1. The van der Waals surface area contributed by atoms with Crippen molar-refractivity contribution in [3.63, 3.8) is 0 Å². The predicted molar refractivity (Wildman–Crippen MR) is 247 cm³/mol. The number of rotatable bonds is 14. The zero-order chi connectivity index (χ0) is 50.0. The standard InChI is InChI=1S/C47H48F4N16O6/c1-23-34(25-4-3-7-52-15-25)40-53-8-9-65(40)42(55-23)58-33-11-28(38-36(49)31(20-71-38)73-44(69)60-46-12-24(13-46)14-46)63-67(33)29-16-54-41(66-18-26(56-39(29)66)17-64-21-47(50,51)22-64)57-32-10-27(61-62-32)37-35(48)30(19-70-37)72-43(68)59-45(2)5-6-45/h3-4,7-11,15-16,18,24,30-31,35-38H,5-6,12-14,17,19-22H2,1-2H3,(H5,53,54,55,56,57,58,59,60,61,62,63,68,69)/p+1/t24?,30-,31+,35+,36-,37-,38+,46?/m1/s1. The van der Waals surface area contributed by atoms with Crippen LogP contribution in [-0.2, 0) is 25.5 Å². The van der Waals surface area contributed by atoms with Crippen LogP contribution in [-0.4, -0.2) is 134 Å². The van der Waals surface area contributed by atoms with Gasteiger partial charge in [-0.25, -0.2) is 56.9 Å². The first kappa shape index (κ1) is 45.4. The molecule has 6 N–H and O–H groups in total. The van der Waals surface area contributed by atoms with Gasteiger partial charge in [0, 0.05) is 65.8 Å². The number of aromatic amines is 2. The molecule has 7 aromatic heterocycles. The predicted octanol–water partition coefficient (Wildman–Crippen LogP) is 5.52. The molecular formula is C47H49F4N16O6+. The number of aromatic nitrogens is 11. The van der Waals surface area contributed by atoms with Gasteiger partial charge in [-0.2, -0.15) is 10.1 Å². The van der Waals surface area contributed by atoms with Crippen LogP contribution >= 0.6 is 0 Å². The van der Waals surface area contributed by atoms with E-state index in [9.17, 15) is 18.4 Å². The first-order valence-electron chi connectivity index (χ1n) is 24.1.